The molecule has 1 heterocycles. The van der Waals surface area contributed by atoms with Crippen LogP contribution in [0.15, 0.2) is 24.3 Å². The Morgan fingerprint density at radius 3 is 2.60 bits per heavy atom. The molecular formula is C17H26FN3O3S. The van der Waals surface area contributed by atoms with Crippen molar-refractivity contribution in [3.05, 3.63) is 35.6 Å². The number of sulfonamides is 1. The van der Waals surface area contributed by atoms with Crippen LogP contribution in [0.4, 0.5) is 4.39 Å². The van der Waals surface area contributed by atoms with Crippen LogP contribution < -0.4 is 4.72 Å². The smallest absolute Gasteiger partial charge is 0.239 e. The fourth-order valence-electron chi connectivity index (χ4n) is 3.17. The molecule has 1 atom stereocenters. The Bertz CT molecular complexity index is 703. The first-order valence-corrected chi connectivity index (χ1v) is 10.3. The second kappa shape index (κ2) is 8.25. The minimum absolute atomic E-state index is 0.0289. The van der Waals surface area contributed by atoms with Crippen LogP contribution in [0.1, 0.15) is 25.3 Å². The lowest BCUT2D eigenvalue weighted by Gasteiger charge is -2.36. The summed E-state index contributed by atoms with van der Waals surface area (Å²) in [5, 5.41) is 0. The maximum atomic E-state index is 13.3. The van der Waals surface area contributed by atoms with Gasteiger partial charge in [0.15, 0.2) is 0 Å². The van der Waals surface area contributed by atoms with E-state index in [-0.39, 0.29) is 23.8 Å². The first-order chi connectivity index (χ1) is 11.7. The average Bonchev–Trinajstić information content (AvgIpc) is 2.52. The van der Waals surface area contributed by atoms with E-state index in [0.29, 0.717) is 32.5 Å². The van der Waals surface area contributed by atoms with Gasteiger partial charge in [-0.15, -0.1) is 0 Å². The Morgan fingerprint density at radius 1 is 1.40 bits per heavy atom. The largest absolute Gasteiger partial charge is 0.340 e. The van der Waals surface area contributed by atoms with Crippen LogP contribution in [0.2, 0.25) is 0 Å². The normalized spacial score (nSPS) is 18.1. The molecule has 6 nitrogen and oxygen atoms in total. The number of benzene rings is 1. The number of carbonyl (C=O) groups is 1. The fourth-order valence-corrected chi connectivity index (χ4v) is 4.01. The molecule has 0 spiro atoms. The van der Waals surface area contributed by atoms with E-state index in [9.17, 15) is 17.6 Å². The zero-order valence-corrected chi connectivity index (χ0v) is 15.7. The summed E-state index contributed by atoms with van der Waals surface area (Å²) in [5.74, 6) is -0.342. The second-order valence-corrected chi connectivity index (χ2v) is 8.48. The van der Waals surface area contributed by atoms with Gasteiger partial charge in [-0.3, -0.25) is 9.69 Å². The number of hydrogen-bond donors (Lipinski definition) is 1. The highest BCUT2D eigenvalue weighted by Gasteiger charge is 2.29. The maximum Gasteiger partial charge on any atom is 0.239 e. The Hall–Kier alpha value is -1.51. The SMILES string of the molecule is CC(C(=O)N(C)Cc1cccc(F)c1)N1CCC(NS(C)(=O)=O)CC1. The topological polar surface area (TPSA) is 69.7 Å². The number of amides is 1. The molecule has 1 amide bonds. The van der Waals surface area contributed by atoms with Crippen molar-refractivity contribution in [1.29, 1.82) is 0 Å². The number of nitrogens with one attached hydrogen (secondary N) is 1. The molecule has 0 aromatic heterocycles. The van der Waals surface area contributed by atoms with Crippen molar-refractivity contribution in [2.75, 3.05) is 26.4 Å². The first kappa shape index (κ1) is 19.8. The number of likely N-dealkylation sites (tertiary alicyclic amines) is 1. The summed E-state index contributed by atoms with van der Waals surface area (Å²) in [6.45, 7) is 3.53. The third-order valence-electron chi connectivity index (χ3n) is 4.50. The summed E-state index contributed by atoms with van der Waals surface area (Å²) in [6.07, 6.45) is 2.52. The van der Waals surface area contributed by atoms with Gasteiger partial charge < -0.3 is 4.90 Å². The molecule has 2 rings (SSSR count). The van der Waals surface area contributed by atoms with Crippen LogP contribution in [-0.4, -0.2) is 62.6 Å². The molecule has 0 aliphatic carbocycles. The lowest BCUT2D eigenvalue weighted by Crippen LogP contribution is -2.51. The fraction of sp³-hybridized carbons (Fsp3) is 0.588. The third kappa shape index (κ3) is 6.05. The number of rotatable bonds is 6. The number of carbonyl (C=O) groups excluding carboxylic acids is 1. The summed E-state index contributed by atoms with van der Waals surface area (Å²) in [7, 11) is -1.49. The monoisotopic (exact) mass is 371 g/mol. The van der Waals surface area contributed by atoms with Gasteiger partial charge in [0.05, 0.1) is 12.3 Å². The predicted octanol–water partition coefficient (Wildman–Crippen LogP) is 1.19. The molecule has 0 radical (unpaired) electrons. The number of piperidine rings is 1. The minimum atomic E-state index is -3.20. The zero-order chi connectivity index (χ0) is 18.6. The van der Waals surface area contributed by atoms with E-state index in [0.717, 1.165) is 11.8 Å². The van der Waals surface area contributed by atoms with Gasteiger partial charge in [-0.05, 0) is 37.5 Å². The molecule has 0 saturated carbocycles. The molecule has 25 heavy (non-hydrogen) atoms. The Balaban J connectivity index is 1.87. The molecule has 1 aromatic carbocycles. The highest BCUT2D eigenvalue weighted by Crippen LogP contribution is 2.16. The van der Waals surface area contributed by atoms with Crippen molar-refractivity contribution in [1.82, 2.24) is 14.5 Å². The van der Waals surface area contributed by atoms with E-state index < -0.39 is 10.0 Å². The Labute approximate surface area is 149 Å². The van der Waals surface area contributed by atoms with Crippen molar-refractivity contribution in [2.45, 2.75) is 38.4 Å². The van der Waals surface area contributed by atoms with Crippen LogP contribution in [0.25, 0.3) is 0 Å². The molecular weight excluding hydrogens is 345 g/mol. The van der Waals surface area contributed by atoms with Crippen molar-refractivity contribution in [3.8, 4) is 0 Å². The lowest BCUT2D eigenvalue weighted by molar-refractivity contribution is -0.136. The molecule has 140 valence electrons. The van der Waals surface area contributed by atoms with Crippen LogP contribution in [0.3, 0.4) is 0 Å². The zero-order valence-electron chi connectivity index (χ0n) is 14.9. The molecule has 8 heteroatoms. The van der Waals surface area contributed by atoms with E-state index in [1.807, 2.05) is 6.92 Å². The second-order valence-electron chi connectivity index (χ2n) is 6.70. The summed E-state index contributed by atoms with van der Waals surface area (Å²) in [5.41, 5.74) is 0.749. The highest BCUT2D eigenvalue weighted by molar-refractivity contribution is 7.88. The van der Waals surface area contributed by atoms with Crippen LogP contribution in [0, 0.1) is 5.82 Å². The Morgan fingerprint density at radius 2 is 2.04 bits per heavy atom. The lowest BCUT2D eigenvalue weighted by atomic mass is 10.0. The van der Waals surface area contributed by atoms with Gasteiger partial charge in [-0.1, -0.05) is 12.1 Å². The van der Waals surface area contributed by atoms with Gasteiger partial charge >= 0.3 is 0 Å². The van der Waals surface area contributed by atoms with Crippen LogP contribution in [0.5, 0.6) is 0 Å². The van der Waals surface area contributed by atoms with E-state index in [1.165, 1.54) is 12.1 Å². The van der Waals surface area contributed by atoms with E-state index >= 15 is 0 Å². The van der Waals surface area contributed by atoms with E-state index in [1.54, 1.807) is 24.1 Å². The van der Waals surface area contributed by atoms with Gasteiger partial charge in [-0.25, -0.2) is 17.5 Å². The van der Waals surface area contributed by atoms with Gasteiger partial charge in [0, 0.05) is 32.7 Å². The molecule has 0 bridgehead atoms. The predicted molar refractivity (Wildman–Crippen MR) is 94.9 cm³/mol. The van der Waals surface area contributed by atoms with E-state index in [2.05, 4.69) is 9.62 Å². The number of halogens is 1. The van der Waals surface area contributed by atoms with Crippen molar-refractivity contribution < 1.29 is 17.6 Å². The molecule has 1 saturated heterocycles. The summed E-state index contributed by atoms with van der Waals surface area (Å²) >= 11 is 0. The summed E-state index contributed by atoms with van der Waals surface area (Å²) in [4.78, 5) is 16.3. The summed E-state index contributed by atoms with van der Waals surface area (Å²) in [6, 6.07) is 5.86. The van der Waals surface area contributed by atoms with Crippen LogP contribution >= 0.6 is 0 Å². The molecule has 1 unspecified atom stereocenters. The number of nitrogens with zero attached hydrogens (tertiary/aromatic N) is 2. The molecule has 1 aliphatic heterocycles. The summed E-state index contributed by atoms with van der Waals surface area (Å²) < 4.78 is 38.5. The van der Waals surface area contributed by atoms with E-state index in [4.69, 9.17) is 0 Å². The van der Waals surface area contributed by atoms with Crippen molar-refractivity contribution in [3.63, 3.8) is 0 Å². The molecule has 1 aromatic rings. The van der Waals surface area contributed by atoms with Crippen molar-refractivity contribution in [2.24, 2.45) is 0 Å². The average molecular weight is 371 g/mol. The highest BCUT2D eigenvalue weighted by atomic mass is 32.2. The molecule has 1 N–H and O–H groups in total. The van der Waals surface area contributed by atoms with Gasteiger partial charge in [-0.2, -0.15) is 0 Å². The van der Waals surface area contributed by atoms with Gasteiger partial charge in [0.1, 0.15) is 5.82 Å². The van der Waals surface area contributed by atoms with Crippen LogP contribution in [-0.2, 0) is 21.4 Å². The number of hydrogen-bond acceptors (Lipinski definition) is 4. The third-order valence-corrected chi connectivity index (χ3v) is 5.26. The first-order valence-electron chi connectivity index (χ1n) is 8.36. The minimum Gasteiger partial charge on any atom is -0.340 e. The standard InChI is InChI=1S/C17H26FN3O3S/c1-13(21-9-7-16(8-10-21)19-25(3,23)24)17(22)20(2)12-14-5-4-6-15(18)11-14/h4-6,11,13,16,19H,7-10,12H2,1-3H3. The molecule has 1 aliphatic rings. The molecule has 1 fully saturated rings. The quantitative estimate of drug-likeness (QED) is 0.815. The van der Waals surface area contributed by atoms with Gasteiger partial charge in [0.25, 0.3) is 0 Å². The van der Waals surface area contributed by atoms with Crippen molar-refractivity contribution >= 4 is 15.9 Å². The number of likely N-dealkylation sites (N-methyl/N-ethyl adjacent to an activating group) is 1. The van der Waals surface area contributed by atoms with Gasteiger partial charge in [0.2, 0.25) is 15.9 Å². The maximum absolute atomic E-state index is 13.3. The Kier molecular flexibility index (Phi) is 6.53.